The molecule has 0 amide bonds. The van der Waals surface area contributed by atoms with E-state index in [9.17, 15) is 9.90 Å². The molecular weight excluding hydrogens is 394 g/mol. The third kappa shape index (κ3) is 4.09. The van der Waals surface area contributed by atoms with E-state index in [1.165, 1.54) is 6.07 Å². The number of hydrogen-bond acceptors (Lipinski definition) is 6. The predicted molar refractivity (Wildman–Crippen MR) is 118 cm³/mol. The van der Waals surface area contributed by atoms with E-state index in [1.807, 2.05) is 56.3 Å². The largest absolute Gasteiger partial charge is 0.497 e. The molecule has 2 heterocycles. The predicted octanol–water partition coefficient (Wildman–Crippen LogP) is 4.12. The average Bonchev–Trinajstić information content (AvgIpc) is 3.27. The van der Waals surface area contributed by atoms with E-state index in [0.29, 0.717) is 30.7 Å². The third-order valence-electron chi connectivity index (χ3n) is 5.72. The van der Waals surface area contributed by atoms with Crippen LogP contribution in [-0.4, -0.2) is 27.2 Å². The lowest BCUT2D eigenvalue weighted by Crippen LogP contribution is -2.23. The molecule has 0 aliphatic rings. The van der Waals surface area contributed by atoms with Gasteiger partial charge in [0.15, 0.2) is 0 Å². The minimum absolute atomic E-state index is 0.415. The van der Waals surface area contributed by atoms with Gasteiger partial charge in [-0.2, -0.15) is 0 Å². The van der Waals surface area contributed by atoms with E-state index in [2.05, 4.69) is 10.3 Å². The second-order valence-corrected chi connectivity index (χ2v) is 7.58. The quantitative estimate of drug-likeness (QED) is 0.453. The molecule has 2 aromatic carbocycles. The molecule has 7 nitrogen and oxygen atoms in total. The fraction of sp³-hybridized carbons (Fsp3) is 0.292. The maximum atomic E-state index is 12.2. The van der Waals surface area contributed by atoms with Gasteiger partial charge in [0.2, 0.25) is 0 Å². The summed E-state index contributed by atoms with van der Waals surface area (Å²) in [6.45, 7) is 4.29. The monoisotopic (exact) mass is 419 g/mol. The number of hydrogen-bond donors (Lipinski definition) is 1. The topological polar surface area (TPSA) is 90.4 Å². The Morgan fingerprint density at radius 2 is 1.94 bits per heavy atom. The zero-order chi connectivity index (χ0) is 22.0. The van der Waals surface area contributed by atoms with Crippen molar-refractivity contribution < 1.29 is 14.3 Å². The summed E-state index contributed by atoms with van der Waals surface area (Å²) < 4.78 is 12.5. The molecule has 0 aliphatic heterocycles. The summed E-state index contributed by atoms with van der Waals surface area (Å²) in [5, 5.41) is 19.8. The van der Waals surface area contributed by atoms with Gasteiger partial charge in [-0.25, -0.2) is 9.48 Å². The lowest BCUT2D eigenvalue weighted by Gasteiger charge is -2.21. The number of fused-ring (bicyclic) bond motifs is 1. The Kier molecular flexibility index (Phi) is 5.61. The van der Waals surface area contributed by atoms with Crippen LogP contribution in [0.2, 0.25) is 0 Å². The van der Waals surface area contributed by atoms with E-state index in [1.54, 1.807) is 18.0 Å². The van der Waals surface area contributed by atoms with Crippen LogP contribution in [0, 0.1) is 0 Å². The average molecular weight is 419 g/mol. The van der Waals surface area contributed by atoms with Crippen LogP contribution in [0.4, 0.5) is 0 Å². The molecule has 0 atom stereocenters. The lowest BCUT2D eigenvalue weighted by molar-refractivity contribution is 0.0239. The van der Waals surface area contributed by atoms with Gasteiger partial charge in [-0.1, -0.05) is 43.3 Å². The molecule has 0 saturated carbocycles. The van der Waals surface area contributed by atoms with Gasteiger partial charge in [-0.15, -0.1) is 5.10 Å². The minimum Gasteiger partial charge on any atom is -0.497 e. The van der Waals surface area contributed by atoms with Crippen molar-refractivity contribution in [1.82, 2.24) is 15.0 Å². The van der Waals surface area contributed by atoms with Gasteiger partial charge in [0.25, 0.3) is 0 Å². The summed E-state index contributed by atoms with van der Waals surface area (Å²) in [6.07, 6.45) is 2.90. The van der Waals surface area contributed by atoms with Crippen molar-refractivity contribution in [3.8, 4) is 16.9 Å². The van der Waals surface area contributed by atoms with Gasteiger partial charge in [0.05, 0.1) is 19.9 Å². The molecule has 1 N–H and O–H groups in total. The third-order valence-corrected chi connectivity index (χ3v) is 5.72. The van der Waals surface area contributed by atoms with Crippen molar-refractivity contribution >= 4 is 11.0 Å². The Hall–Kier alpha value is -3.45. The van der Waals surface area contributed by atoms with Crippen LogP contribution < -0.4 is 10.4 Å². The molecule has 7 heteroatoms. The van der Waals surface area contributed by atoms with Crippen LogP contribution in [0.1, 0.15) is 37.9 Å². The van der Waals surface area contributed by atoms with Crippen LogP contribution in [-0.2, 0) is 12.1 Å². The number of methoxy groups -OCH3 is 1. The maximum absolute atomic E-state index is 12.2. The van der Waals surface area contributed by atoms with Crippen LogP contribution >= 0.6 is 0 Å². The van der Waals surface area contributed by atoms with Gasteiger partial charge < -0.3 is 14.3 Å². The lowest BCUT2D eigenvalue weighted by atomic mass is 9.94. The summed E-state index contributed by atoms with van der Waals surface area (Å²) in [5.74, 6) is 0.719. The van der Waals surface area contributed by atoms with Gasteiger partial charge in [-0.05, 0) is 47.7 Å². The highest BCUT2D eigenvalue weighted by atomic mass is 16.5. The summed E-state index contributed by atoms with van der Waals surface area (Å²) in [5.41, 5.74) is 2.25. The molecular formula is C24H25N3O4. The highest BCUT2D eigenvalue weighted by molar-refractivity contribution is 5.93. The van der Waals surface area contributed by atoms with E-state index in [0.717, 1.165) is 27.8 Å². The summed E-state index contributed by atoms with van der Waals surface area (Å²) in [6, 6.07) is 14.8. The standard InChI is InChI=1S/C24H25N3O4/c1-4-24(29,5-2)22-15-27(26-25-22)14-16-9-10-19-20(13-23(28)31-21(19)11-16)17-7-6-8-18(12-17)30-3/h6-13,15,29H,4-5,14H2,1-3H3. The minimum atomic E-state index is -0.972. The molecule has 0 spiro atoms. The first-order valence-electron chi connectivity index (χ1n) is 10.3. The van der Waals surface area contributed by atoms with E-state index in [4.69, 9.17) is 9.15 Å². The molecule has 160 valence electrons. The first-order valence-corrected chi connectivity index (χ1v) is 10.3. The van der Waals surface area contributed by atoms with Gasteiger partial charge >= 0.3 is 5.63 Å². The van der Waals surface area contributed by atoms with Crippen molar-refractivity contribution in [1.29, 1.82) is 0 Å². The molecule has 4 rings (SSSR count). The molecule has 0 bridgehead atoms. The fourth-order valence-electron chi connectivity index (χ4n) is 3.72. The number of nitrogens with zero attached hydrogens (tertiary/aromatic N) is 3. The molecule has 0 radical (unpaired) electrons. The first-order chi connectivity index (χ1) is 15.0. The zero-order valence-corrected chi connectivity index (χ0v) is 17.8. The van der Waals surface area contributed by atoms with Gasteiger partial charge in [0.1, 0.15) is 22.6 Å². The number of aliphatic hydroxyl groups is 1. The molecule has 0 saturated heterocycles. The number of ether oxygens (including phenoxy) is 1. The highest BCUT2D eigenvalue weighted by Crippen LogP contribution is 2.30. The zero-order valence-electron chi connectivity index (χ0n) is 17.8. The maximum Gasteiger partial charge on any atom is 0.336 e. The van der Waals surface area contributed by atoms with Crippen molar-refractivity contribution in [2.24, 2.45) is 0 Å². The van der Waals surface area contributed by atoms with Crippen molar-refractivity contribution in [3.63, 3.8) is 0 Å². The molecule has 0 aliphatic carbocycles. The molecule has 0 fully saturated rings. The Labute approximate surface area is 179 Å². The molecule has 31 heavy (non-hydrogen) atoms. The normalized spacial score (nSPS) is 11.7. The Morgan fingerprint density at radius 1 is 1.13 bits per heavy atom. The summed E-state index contributed by atoms with van der Waals surface area (Å²) in [7, 11) is 1.61. The van der Waals surface area contributed by atoms with Crippen LogP contribution in [0.25, 0.3) is 22.1 Å². The first kappa shape index (κ1) is 20.8. The number of aromatic nitrogens is 3. The highest BCUT2D eigenvalue weighted by Gasteiger charge is 2.28. The fourth-order valence-corrected chi connectivity index (χ4v) is 3.72. The molecule has 2 aromatic heterocycles. The van der Waals surface area contributed by atoms with Crippen LogP contribution in [0.3, 0.4) is 0 Å². The van der Waals surface area contributed by atoms with Crippen molar-refractivity contribution in [2.45, 2.75) is 38.8 Å². The van der Waals surface area contributed by atoms with Gasteiger partial charge in [0, 0.05) is 11.5 Å². The Morgan fingerprint density at radius 3 is 2.68 bits per heavy atom. The summed E-state index contributed by atoms with van der Waals surface area (Å²) >= 11 is 0. The molecule has 0 unspecified atom stereocenters. The second-order valence-electron chi connectivity index (χ2n) is 7.58. The second kappa shape index (κ2) is 8.35. The molecule has 4 aromatic rings. The Balaban J connectivity index is 1.69. The van der Waals surface area contributed by atoms with E-state index in [-0.39, 0.29) is 0 Å². The van der Waals surface area contributed by atoms with Crippen LogP contribution in [0.5, 0.6) is 5.75 Å². The smallest absolute Gasteiger partial charge is 0.336 e. The summed E-state index contributed by atoms with van der Waals surface area (Å²) in [4.78, 5) is 12.2. The number of benzene rings is 2. The SMILES string of the molecule is CCC(O)(CC)c1cn(Cc2ccc3c(-c4cccc(OC)c4)cc(=O)oc3c2)nn1. The van der Waals surface area contributed by atoms with Gasteiger partial charge in [-0.3, -0.25) is 0 Å². The van der Waals surface area contributed by atoms with Crippen molar-refractivity contribution in [3.05, 3.63) is 76.4 Å². The Bertz CT molecular complexity index is 1270. The van der Waals surface area contributed by atoms with Crippen LogP contribution in [0.15, 0.2) is 63.9 Å². The van der Waals surface area contributed by atoms with Crippen molar-refractivity contribution in [2.75, 3.05) is 7.11 Å². The van der Waals surface area contributed by atoms with E-state index < -0.39 is 11.2 Å². The number of rotatable bonds is 7. The van der Waals surface area contributed by atoms with E-state index >= 15 is 0 Å².